The summed E-state index contributed by atoms with van der Waals surface area (Å²) in [5, 5.41) is 14.1. The summed E-state index contributed by atoms with van der Waals surface area (Å²) in [5.41, 5.74) is 16.6. The quantitative estimate of drug-likeness (QED) is 0.0758. The SMILES string of the molecule is CC(=O)C[C@@H]1NC(=O)CNC(=O)[C@H](CCCCN=C(N)N)NC(=O)CCSSCC(C(N)=O)NC(=O)c2cc(cc3ccccc23)NC1=O. The van der Waals surface area contributed by atoms with Gasteiger partial charge in [-0.3, -0.25) is 38.6 Å². The molecule has 2 aromatic carbocycles. The maximum absolute atomic E-state index is 13.5. The number of anilines is 1. The lowest BCUT2D eigenvalue weighted by Crippen LogP contribution is -2.51. The highest BCUT2D eigenvalue weighted by atomic mass is 33.1. The lowest BCUT2D eigenvalue weighted by Gasteiger charge is -2.21. The normalized spacial score (nSPS) is 20.3. The van der Waals surface area contributed by atoms with Crippen LogP contribution in [0.25, 0.3) is 10.8 Å². The van der Waals surface area contributed by atoms with Crippen molar-refractivity contribution in [3.8, 4) is 0 Å². The molecule has 16 nitrogen and oxygen atoms in total. The number of amides is 6. The van der Waals surface area contributed by atoms with Crippen LogP contribution in [0.3, 0.4) is 0 Å². The Bertz CT molecular complexity index is 1600. The van der Waals surface area contributed by atoms with Crippen molar-refractivity contribution in [2.75, 3.05) is 29.9 Å². The highest BCUT2D eigenvalue weighted by Crippen LogP contribution is 2.26. The van der Waals surface area contributed by atoms with Crippen LogP contribution < -0.4 is 43.8 Å². The van der Waals surface area contributed by atoms with Crippen molar-refractivity contribution in [3.05, 3.63) is 42.0 Å². The molecule has 0 spiro atoms. The van der Waals surface area contributed by atoms with Crippen molar-refractivity contribution >= 4 is 85.2 Å². The maximum atomic E-state index is 13.5. The number of aliphatic imine (C=N–C) groups is 1. The van der Waals surface area contributed by atoms with Gasteiger partial charge in [-0.15, -0.1) is 0 Å². The van der Waals surface area contributed by atoms with Crippen LogP contribution in [0.15, 0.2) is 41.4 Å². The molecule has 49 heavy (non-hydrogen) atoms. The van der Waals surface area contributed by atoms with E-state index in [1.807, 2.05) is 0 Å². The van der Waals surface area contributed by atoms with Crippen LogP contribution in [-0.2, 0) is 28.8 Å². The van der Waals surface area contributed by atoms with E-state index in [-0.39, 0.29) is 48.0 Å². The second-order valence-corrected chi connectivity index (χ2v) is 13.8. The number of benzene rings is 2. The number of rotatable bonds is 8. The third-order valence-electron chi connectivity index (χ3n) is 7.17. The van der Waals surface area contributed by atoms with Crippen LogP contribution in [0.1, 0.15) is 49.4 Å². The Morgan fingerprint density at radius 1 is 0.898 bits per heavy atom. The van der Waals surface area contributed by atoms with Gasteiger partial charge in [-0.25, -0.2) is 0 Å². The van der Waals surface area contributed by atoms with Crippen LogP contribution in [0, 0.1) is 0 Å². The Hall–Kier alpha value is -4.84. The van der Waals surface area contributed by atoms with Gasteiger partial charge in [0.05, 0.1) is 6.54 Å². The molecule has 0 radical (unpaired) electrons. The predicted octanol–water partition coefficient (Wildman–Crippen LogP) is -0.344. The number of Topliss-reactive ketones (excluding diaryl/α,β-unsaturated/α-hetero) is 1. The first kappa shape index (κ1) is 38.6. The number of hydrogen-bond donors (Lipinski definition) is 8. The van der Waals surface area contributed by atoms with E-state index in [2.05, 4.69) is 31.6 Å². The average molecular weight is 716 g/mol. The van der Waals surface area contributed by atoms with Gasteiger partial charge in [0.15, 0.2) is 5.96 Å². The third kappa shape index (κ3) is 12.9. The van der Waals surface area contributed by atoms with Gasteiger partial charge in [-0.05, 0) is 49.1 Å². The zero-order chi connectivity index (χ0) is 35.9. The summed E-state index contributed by atoms with van der Waals surface area (Å²) < 4.78 is 0. The van der Waals surface area contributed by atoms with Crippen molar-refractivity contribution in [2.45, 2.75) is 57.2 Å². The van der Waals surface area contributed by atoms with E-state index in [0.29, 0.717) is 35.9 Å². The fourth-order valence-corrected chi connectivity index (χ4v) is 6.94. The summed E-state index contributed by atoms with van der Waals surface area (Å²) in [4.78, 5) is 93.8. The number of ketones is 1. The first-order valence-corrected chi connectivity index (χ1v) is 17.9. The maximum Gasteiger partial charge on any atom is 0.252 e. The van der Waals surface area contributed by atoms with Crippen molar-refractivity contribution in [1.29, 1.82) is 0 Å². The van der Waals surface area contributed by atoms with Gasteiger partial charge in [0, 0.05) is 42.1 Å². The third-order valence-corrected chi connectivity index (χ3v) is 9.58. The van der Waals surface area contributed by atoms with E-state index in [9.17, 15) is 33.6 Å². The van der Waals surface area contributed by atoms with Crippen molar-refractivity contribution in [3.63, 3.8) is 0 Å². The van der Waals surface area contributed by atoms with Gasteiger partial charge in [0.25, 0.3) is 5.91 Å². The van der Waals surface area contributed by atoms with Gasteiger partial charge in [-0.1, -0.05) is 45.9 Å². The molecule has 0 saturated heterocycles. The first-order valence-electron chi connectivity index (χ1n) is 15.4. The van der Waals surface area contributed by atoms with E-state index in [1.54, 1.807) is 30.3 Å². The van der Waals surface area contributed by atoms with Crippen molar-refractivity contribution in [1.82, 2.24) is 21.3 Å². The second-order valence-electron chi connectivity index (χ2n) is 11.2. The molecule has 0 aromatic heterocycles. The van der Waals surface area contributed by atoms with Gasteiger partial charge in [0.1, 0.15) is 23.9 Å². The standard InChI is InChI=1S/C31H41N9O7S2/c1-17(41)12-23-30(47)37-19-13-18-6-2-3-7-20(18)21(14-19)28(45)40-24(27(32)44)16-49-48-11-9-25(42)38-22(8-4-5-10-35-31(33)34)29(46)36-15-26(43)39-23/h2-3,6-7,13-14,22-24H,4-5,8-12,15-16H2,1H3,(H2,32,44)(H,36,46)(H,37,47)(H,38,42)(H,39,43)(H,40,45)(H4,33,34,35)/t22-,23-,24?/m0/s1. The molecule has 1 unspecified atom stereocenters. The molecular weight excluding hydrogens is 675 g/mol. The number of carbonyl (C=O) groups excluding carboxylic acids is 7. The molecule has 18 heteroatoms. The first-order chi connectivity index (χ1) is 23.3. The molecule has 3 atom stereocenters. The largest absolute Gasteiger partial charge is 0.370 e. The summed E-state index contributed by atoms with van der Waals surface area (Å²) in [7, 11) is 2.52. The number of hydrogen-bond acceptors (Lipinski definition) is 10. The van der Waals surface area contributed by atoms with Gasteiger partial charge < -0.3 is 43.8 Å². The summed E-state index contributed by atoms with van der Waals surface area (Å²) in [5.74, 6) is -3.94. The zero-order valence-electron chi connectivity index (χ0n) is 26.9. The molecular formula is C31H41N9O7S2. The molecule has 264 valence electrons. The minimum atomic E-state index is -1.32. The molecule has 2 bridgehead atoms. The summed E-state index contributed by atoms with van der Waals surface area (Å²) in [6, 6.07) is 6.60. The molecule has 11 N–H and O–H groups in total. The highest BCUT2D eigenvalue weighted by Gasteiger charge is 2.26. The number of guanidine groups is 1. The average Bonchev–Trinajstić information content (AvgIpc) is 3.04. The monoisotopic (exact) mass is 715 g/mol. The highest BCUT2D eigenvalue weighted by molar-refractivity contribution is 8.76. The number of unbranched alkanes of at least 4 members (excludes halogenated alkanes) is 1. The van der Waals surface area contributed by atoms with Crippen LogP contribution in [-0.4, -0.2) is 89.9 Å². The van der Waals surface area contributed by atoms with Gasteiger partial charge >= 0.3 is 0 Å². The minimum Gasteiger partial charge on any atom is -0.370 e. The Morgan fingerprint density at radius 3 is 2.35 bits per heavy atom. The van der Waals surface area contributed by atoms with Crippen LogP contribution >= 0.6 is 21.6 Å². The summed E-state index contributed by atoms with van der Waals surface area (Å²) in [6.45, 7) is 1.05. The molecule has 0 fully saturated rings. The molecule has 3 rings (SSSR count). The van der Waals surface area contributed by atoms with E-state index in [0.717, 1.165) is 0 Å². The van der Waals surface area contributed by atoms with E-state index in [4.69, 9.17) is 17.2 Å². The van der Waals surface area contributed by atoms with E-state index < -0.39 is 60.1 Å². The Morgan fingerprint density at radius 2 is 1.63 bits per heavy atom. The number of fused-ring (bicyclic) bond motifs is 4. The fourth-order valence-electron chi connectivity index (χ4n) is 4.78. The van der Waals surface area contributed by atoms with Crippen LogP contribution in [0.2, 0.25) is 0 Å². The lowest BCUT2D eigenvalue weighted by molar-refractivity contribution is -0.131. The van der Waals surface area contributed by atoms with E-state index in [1.165, 1.54) is 34.6 Å². The van der Waals surface area contributed by atoms with E-state index >= 15 is 0 Å². The van der Waals surface area contributed by atoms with Gasteiger partial charge in [-0.2, -0.15) is 0 Å². The zero-order valence-corrected chi connectivity index (χ0v) is 28.5. The molecule has 2 aromatic rings. The summed E-state index contributed by atoms with van der Waals surface area (Å²) >= 11 is 0. The lowest BCUT2D eigenvalue weighted by atomic mass is 10.0. The van der Waals surface area contributed by atoms with Gasteiger partial charge in [0.2, 0.25) is 29.5 Å². The Kier molecular flexibility index (Phi) is 15.2. The number of carbonyl (C=O) groups is 7. The fraction of sp³-hybridized carbons (Fsp3) is 0.419. The molecule has 0 aliphatic carbocycles. The number of nitrogens with zero attached hydrogens (tertiary/aromatic N) is 1. The molecule has 0 saturated carbocycles. The summed E-state index contributed by atoms with van der Waals surface area (Å²) in [6.07, 6.45) is 0.914. The van der Waals surface area contributed by atoms with Crippen LogP contribution in [0.4, 0.5) is 5.69 Å². The predicted molar refractivity (Wildman–Crippen MR) is 189 cm³/mol. The molecule has 1 aliphatic rings. The van der Waals surface area contributed by atoms with Crippen LogP contribution in [0.5, 0.6) is 0 Å². The molecule has 1 aliphatic heterocycles. The number of primary amides is 1. The second kappa shape index (κ2) is 19.2. The number of nitrogens with one attached hydrogen (secondary N) is 5. The number of nitrogens with two attached hydrogens (primary N) is 3. The molecule has 1 heterocycles. The smallest absolute Gasteiger partial charge is 0.252 e. The van der Waals surface area contributed by atoms with Crippen molar-refractivity contribution < 1.29 is 33.6 Å². The Labute approximate surface area is 290 Å². The Balaban J connectivity index is 1.89. The van der Waals surface area contributed by atoms with Crippen molar-refractivity contribution in [2.24, 2.45) is 22.2 Å². The minimum absolute atomic E-state index is 0.0319. The topological polar surface area (TPSA) is 270 Å². The molecule has 6 amide bonds.